The molecule has 0 spiro atoms. The number of hydrogen-bond donors (Lipinski definition) is 4. The SMILES string of the molecule is O=C(NCCNC(=S)[S-])C1CCCCC1C(=O)NCCNC(=S)[S-].[Zn+2]. The summed E-state index contributed by atoms with van der Waals surface area (Å²) in [6.45, 7) is 1.84. The van der Waals surface area contributed by atoms with Crippen molar-refractivity contribution in [1.29, 1.82) is 0 Å². The number of amides is 2. The van der Waals surface area contributed by atoms with Crippen molar-refractivity contribution in [3.63, 3.8) is 0 Å². The Kier molecular flexibility index (Phi) is 13.8. The molecule has 1 fully saturated rings. The minimum atomic E-state index is -0.290. The van der Waals surface area contributed by atoms with Gasteiger partial charge in [-0.15, -0.1) is 0 Å². The first-order chi connectivity index (χ1) is 11.4. The summed E-state index contributed by atoms with van der Waals surface area (Å²) in [5.74, 6) is -0.752. The largest absolute Gasteiger partial charge is 2.00 e. The molecule has 0 aromatic carbocycles. The zero-order valence-electron chi connectivity index (χ0n) is 14.0. The molecular formula is C14H22N4O2S4Zn. The quantitative estimate of drug-likeness (QED) is 0.169. The van der Waals surface area contributed by atoms with Crippen molar-refractivity contribution in [3.05, 3.63) is 0 Å². The second-order valence-electron chi connectivity index (χ2n) is 5.51. The molecule has 1 rings (SSSR count). The van der Waals surface area contributed by atoms with Gasteiger partial charge in [0, 0.05) is 38.0 Å². The number of thiocarbonyl (C=S) groups is 2. The molecule has 11 heteroatoms. The fourth-order valence-electron chi connectivity index (χ4n) is 2.72. The molecule has 0 saturated heterocycles. The van der Waals surface area contributed by atoms with Crippen molar-refractivity contribution >= 4 is 70.1 Å². The van der Waals surface area contributed by atoms with E-state index in [2.05, 4.69) is 21.3 Å². The average Bonchev–Trinajstić information content (AvgIpc) is 2.54. The van der Waals surface area contributed by atoms with E-state index < -0.39 is 0 Å². The van der Waals surface area contributed by atoms with E-state index >= 15 is 0 Å². The molecule has 2 amide bonds. The number of nitrogens with one attached hydrogen (secondary N) is 4. The predicted octanol–water partition coefficient (Wildman–Crippen LogP) is -0.134. The van der Waals surface area contributed by atoms with Crippen LogP contribution in [0.1, 0.15) is 25.7 Å². The minimum absolute atomic E-state index is 0. The van der Waals surface area contributed by atoms with Gasteiger partial charge in [0.25, 0.3) is 0 Å². The summed E-state index contributed by atoms with van der Waals surface area (Å²) in [6.07, 6.45) is 3.38. The van der Waals surface area contributed by atoms with Crippen LogP contribution in [-0.2, 0) is 54.3 Å². The van der Waals surface area contributed by atoms with Crippen LogP contribution in [0.25, 0.3) is 0 Å². The molecule has 136 valence electrons. The van der Waals surface area contributed by atoms with Crippen molar-refractivity contribution in [1.82, 2.24) is 21.3 Å². The molecule has 2 unspecified atom stereocenters. The van der Waals surface area contributed by atoms with Crippen LogP contribution in [0, 0.1) is 11.8 Å². The Morgan fingerprint density at radius 2 is 1.08 bits per heavy atom. The zero-order valence-corrected chi connectivity index (χ0v) is 20.2. The summed E-state index contributed by atoms with van der Waals surface area (Å²) in [7, 11) is 0. The van der Waals surface area contributed by atoms with Crippen LogP contribution in [0.4, 0.5) is 0 Å². The van der Waals surface area contributed by atoms with Gasteiger partial charge in [0.05, 0.1) is 0 Å². The van der Waals surface area contributed by atoms with Gasteiger partial charge in [-0.05, 0) is 12.8 Å². The fourth-order valence-corrected chi connectivity index (χ4v) is 3.13. The molecule has 4 N–H and O–H groups in total. The summed E-state index contributed by atoms with van der Waals surface area (Å²) in [4.78, 5) is 24.7. The number of carbonyl (C=O) groups excluding carboxylic acids is 2. The topological polar surface area (TPSA) is 82.3 Å². The summed E-state index contributed by atoms with van der Waals surface area (Å²) in [5.41, 5.74) is 0. The van der Waals surface area contributed by atoms with Gasteiger partial charge in [0.1, 0.15) is 0 Å². The molecule has 2 atom stereocenters. The van der Waals surface area contributed by atoms with Gasteiger partial charge in [-0.3, -0.25) is 9.59 Å². The Morgan fingerprint density at radius 3 is 1.40 bits per heavy atom. The van der Waals surface area contributed by atoms with E-state index in [1.807, 2.05) is 0 Å². The Morgan fingerprint density at radius 1 is 0.760 bits per heavy atom. The van der Waals surface area contributed by atoms with Crippen molar-refractivity contribution in [3.8, 4) is 0 Å². The summed E-state index contributed by atoms with van der Waals surface area (Å²) in [5, 5.41) is 11.3. The van der Waals surface area contributed by atoms with E-state index in [1.165, 1.54) is 0 Å². The number of rotatable bonds is 8. The maximum atomic E-state index is 12.4. The van der Waals surface area contributed by atoms with E-state index in [0.717, 1.165) is 25.7 Å². The zero-order chi connectivity index (χ0) is 17.9. The summed E-state index contributed by atoms with van der Waals surface area (Å²) in [6, 6.07) is 0. The second kappa shape index (κ2) is 13.9. The first-order valence-electron chi connectivity index (χ1n) is 7.87. The van der Waals surface area contributed by atoms with Crippen molar-refractivity contribution in [2.24, 2.45) is 11.8 Å². The first kappa shape index (κ1) is 24.8. The maximum absolute atomic E-state index is 12.4. The molecule has 1 aliphatic carbocycles. The van der Waals surface area contributed by atoms with Crippen LogP contribution in [-0.4, -0.2) is 46.6 Å². The smallest absolute Gasteiger partial charge is 0.412 e. The summed E-state index contributed by atoms with van der Waals surface area (Å²) >= 11 is 19.0. The number of carbonyl (C=O) groups is 2. The van der Waals surface area contributed by atoms with Crippen molar-refractivity contribution in [2.45, 2.75) is 25.7 Å². The van der Waals surface area contributed by atoms with Crippen LogP contribution in [0.3, 0.4) is 0 Å². The van der Waals surface area contributed by atoms with Gasteiger partial charge in [-0.1, -0.05) is 21.5 Å². The third kappa shape index (κ3) is 10.5. The Bertz CT molecular complexity index is 440. The van der Waals surface area contributed by atoms with Crippen LogP contribution in [0.5, 0.6) is 0 Å². The van der Waals surface area contributed by atoms with Gasteiger partial charge >= 0.3 is 19.5 Å². The third-order valence-electron chi connectivity index (χ3n) is 3.83. The van der Waals surface area contributed by atoms with Crippen LogP contribution in [0.2, 0.25) is 0 Å². The van der Waals surface area contributed by atoms with Crippen LogP contribution in [0.15, 0.2) is 0 Å². The van der Waals surface area contributed by atoms with Gasteiger partial charge in [0.2, 0.25) is 11.8 Å². The first-order valence-corrected chi connectivity index (χ1v) is 9.50. The number of hydrogen-bond acceptors (Lipinski definition) is 6. The predicted molar refractivity (Wildman–Crippen MR) is 107 cm³/mol. The standard InChI is InChI=1S/C14H24N4O2S4.Zn/c19-11(15-5-7-17-13(21)22)9-3-1-2-4-10(9)12(20)16-6-8-18-14(23)24;/h9-10H,1-8H2,(H,15,19)(H,16,20)(H2,17,21,22)(H2,18,23,24);/q;+2/p-2. The van der Waals surface area contributed by atoms with E-state index in [-0.39, 0.29) is 51.8 Å². The molecular weight excluding hydrogens is 450 g/mol. The Balaban J connectivity index is 0.00000576. The van der Waals surface area contributed by atoms with Crippen LogP contribution >= 0.6 is 24.4 Å². The van der Waals surface area contributed by atoms with Crippen molar-refractivity contribution < 1.29 is 29.1 Å². The van der Waals surface area contributed by atoms with Gasteiger partial charge in [-0.25, -0.2) is 0 Å². The molecule has 0 heterocycles. The molecule has 6 nitrogen and oxygen atoms in total. The van der Waals surface area contributed by atoms with Gasteiger partial charge < -0.3 is 71.0 Å². The molecule has 0 aliphatic heterocycles. The van der Waals surface area contributed by atoms with E-state index in [1.54, 1.807) is 0 Å². The molecule has 25 heavy (non-hydrogen) atoms. The minimum Gasteiger partial charge on any atom is -0.412 e. The molecule has 1 saturated carbocycles. The van der Waals surface area contributed by atoms with E-state index in [4.69, 9.17) is 49.7 Å². The van der Waals surface area contributed by atoms with Gasteiger partial charge in [-0.2, -0.15) is 0 Å². The monoisotopic (exact) mass is 470 g/mol. The second-order valence-corrected chi connectivity index (χ2v) is 7.66. The summed E-state index contributed by atoms with van der Waals surface area (Å²) < 4.78 is 0.567. The molecule has 0 radical (unpaired) electrons. The Hall–Kier alpha value is -0.217. The normalized spacial score (nSPS) is 19.0. The molecule has 1 aliphatic rings. The van der Waals surface area contributed by atoms with E-state index in [9.17, 15) is 9.59 Å². The molecule has 0 aromatic rings. The average molecular weight is 472 g/mol. The maximum Gasteiger partial charge on any atom is 2.00 e. The van der Waals surface area contributed by atoms with Gasteiger partial charge in [0.15, 0.2) is 0 Å². The molecule has 0 bridgehead atoms. The fraction of sp³-hybridized carbons (Fsp3) is 0.714. The van der Waals surface area contributed by atoms with Crippen molar-refractivity contribution in [2.75, 3.05) is 26.2 Å². The van der Waals surface area contributed by atoms with Crippen LogP contribution < -0.4 is 21.3 Å². The Labute approximate surface area is 183 Å². The third-order valence-corrected chi connectivity index (χ3v) is 4.40. The van der Waals surface area contributed by atoms with E-state index in [0.29, 0.717) is 26.2 Å². The molecule has 0 aromatic heterocycles.